The number of anilines is 1. The van der Waals surface area contributed by atoms with Gasteiger partial charge in [-0.2, -0.15) is 0 Å². The molecule has 0 bridgehead atoms. The standard InChI is InChI=1S/C18H17Cl2NO4/c1-23-15-10-17(25-3)16(24-2)8-11(15)4-7-18(22)21-12-5-6-13(19)14(20)9-12/h4-10H,1-3H3,(H,21,22)/b7-4+. The molecule has 0 radical (unpaired) electrons. The Morgan fingerprint density at radius 1 is 0.920 bits per heavy atom. The van der Waals surface area contributed by atoms with E-state index in [-0.39, 0.29) is 5.91 Å². The van der Waals surface area contributed by atoms with Crippen molar-refractivity contribution in [2.45, 2.75) is 0 Å². The Morgan fingerprint density at radius 3 is 2.16 bits per heavy atom. The minimum atomic E-state index is -0.324. The highest BCUT2D eigenvalue weighted by Crippen LogP contribution is 2.35. The second-order valence-corrected chi connectivity index (χ2v) is 5.72. The highest BCUT2D eigenvalue weighted by molar-refractivity contribution is 6.42. The van der Waals surface area contributed by atoms with Crippen LogP contribution in [0.3, 0.4) is 0 Å². The SMILES string of the molecule is COc1cc(OC)c(OC)cc1/C=C/C(=O)Nc1ccc(Cl)c(Cl)c1. The zero-order valence-electron chi connectivity index (χ0n) is 13.9. The Balaban J connectivity index is 2.19. The molecule has 1 N–H and O–H groups in total. The lowest BCUT2D eigenvalue weighted by atomic mass is 10.1. The van der Waals surface area contributed by atoms with Crippen molar-refractivity contribution >= 4 is 40.9 Å². The monoisotopic (exact) mass is 381 g/mol. The van der Waals surface area contributed by atoms with Crippen LogP contribution < -0.4 is 19.5 Å². The van der Waals surface area contributed by atoms with Crippen LogP contribution in [0.1, 0.15) is 5.56 Å². The summed E-state index contributed by atoms with van der Waals surface area (Å²) in [4.78, 5) is 12.1. The average molecular weight is 382 g/mol. The Kier molecular flexibility index (Phi) is 6.56. The van der Waals surface area contributed by atoms with E-state index in [9.17, 15) is 4.79 Å². The molecular formula is C18H17Cl2NO4. The first-order chi connectivity index (χ1) is 12.0. The summed E-state index contributed by atoms with van der Waals surface area (Å²) in [6.07, 6.45) is 3.00. The molecule has 0 aliphatic carbocycles. The lowest BCUT2D eigenvalue weighted by molar-refractivity contribution is -0.111. The summed E-state index contributed by atoms with van der Waals surface area (Å²) in [7, 11) is 4.61. The zero-order valence-corrected chi connectivity index (χ0v) is 15.4. The molecular weight excluding hydrogens is 365 g/mol. The fourth-order valence-corrected chi connectivity index (χ4v) is 2.40. The molecule has 0 saturated carbocycles. The highest BCUT2D eigenvalue weighted by atomic mass is 35.5. The molecule has 25 heavy (non-hydrogen) atoms. The Hall–Kier alpha value is -2.37. The lowest BCUT2D eigenvalue weighted by Gasteiger charge is -2.12. The summed E-state index contributed by atoms with van der Waals surface area (Å²) in [5.41, 5.74) is 1.22. The highest BCUT2D eigenvalue weighted by Gasteiger charge is 2.10. The minimum Gasteiger partial charge on any atom is -0.496 e. The quantitative estimate of drug-likeness (QED) is 0.738. The van der Waals surface area contributed by atoms with Crippen LogP contribution in [0.4, 0.5) is 5.69 Å². The van der Waals surface area contributed by atoms with Crippen molar-refractivity contribution in [1.29, 1.82) is 0 Å². The number of carbonyl (C=O) groups is 1. The van der Waals surface area contributed by atoms with E-state index in [4.69, 9.17) is 37.4 Å². The van der Waals surface area contributed by atoms with E-state index in [1.807, 2.05) is 0 Å². The van der Waals surface area contributed by atoms with Crippen molar-refractivity contribution in [3.05, 3.63) is 52.0 Å². The van der Waals surface area contributed by atoms with E-state index in [0.717, 1.165) is 0 Å². The fraction of sp³-hybridized carbons (Fsp3) is 0.167. The molecule has 0 saturated heterocycles. The van der Waals surface area contributed by atoms with Crippen LogP contribution in [0.5, 0.6) is 17.2 Å². The van der Waals surface area contributed by atoms with Crippen LogP contribution in [0, 0.1) is 0 Å². The van der Waals surface area contributed by atoms with Crippen molar-refractivity contribution in [2.24, 2.45) is 0 Å². The normalized spacial score (nSPS) is 10.6. The van der Waals surface area contributed by atoms with Crippen LogP contribution in [0.15, 0.2) is 36.4 Å². The molecule has 2 aromatic rings. The second-order valence-electron chi connectivity index (χ2n) is 4.90. The van der Waals surface area contributed by atoms with Gasteiger partial charge in [-0.1, -0.05) is 23.2 Å². The van der Waals surface area contributed by atoms with Gasteiger partial charge in [-0.05, 0) is 30.3 Å². The molecule has 0 aliphatic heterocycles. The summed E-state index contributed by atoms with van der Waals surface area (Å²) in [5, 5.41) is 3.49. The van der Waals surface area contributed by atoms with Crippen molar-refractivity contribution in [3.63, 3.8) is 0 Å². The molecule has 5 nitrogen and oxygen atoms in total. The number of methoxy groups -OCH3 is 3. The van der Waals surface area contributed by atoms with E-state index >= 15 is 0 Å². The smallest absolute Gasteiger partial charge is 0.248 e. The van der Waals surface area contributed by atoms with Gasteiger partial charge in [0.2, 0.25) is 5.91 Å². The van der Waals surface area contributed by atoms with Gasteiger partial charge in [0.1, 0.15) is 5.75 Å². The second kappa shape index (κ2) is 8.65. The maximum atomic E-state index is 12.1. The van der Waals surface area contributed by atoms with Gasteiger partial charge in [-0.3, -0.25) is 4.79 Å². The van der Waals surface area contributed by atoms with Crippen LogP contribution in [0.25, 0.3) is 6.08 Å². The number of hydrogen-bond donors (Lipinski definition) is 1. The van der Waals surface area contributed by atoms with Gasteiger partial charge in [0.05, 0.1) is 31.4 Å². The van der Waals surface area contributed by atoms with E-state index in [1.54, 1.807) is 36.4 Å². The maximum absolute atomic E-state index is 12.1. The molecule has 0 aliphatic rings. The third-order valence-corrected chi connectivity index (χ3v) is 4.08. The van der Waals surface area contributed by atoms with E-state index in [2.05, 4.69) is 5.32 Å². The van der Waals surface area contributed by atoms with Crippen molar-refractivity contribution in [3.8, 4) is 17.2 Å². The van der Waals surface area contributed by atoms with Crippen molar-refractivity contribution < 1.29 is 19.0 Å². The predicted molar refractivity (Wildman–Crippen MR) is 100 cm³/mol. The topological polar surface area (TPSA) is 56.8 Å². The number of amides is 1. The predicted octanol–water partition coefficient (Wildman–Crippen LogP) is 4.67. The van der Waals surface area contributed by atoms with E-state index in [0.29, 0.717) is 38.5 Å². The van der Waals surface area contributed by atoms with Crippen LogP contribution in [0.2, 0.25) is 10.0 Å². The third kappa shape index (κ3) is 4.81. The number of carbonyl (C=O) groups excluding carboxylic acids is 1. The number of hydrogen-bond acceptors (Lipinski definition) is 4. The van der Waals surface area contributed by atoms with Crippen LogP contribution in [-0.4, -0.2) is 27.2 Å². The number of rotatable bonds is 6. The molecule has 0 atom stereocenters. The fourth-order valence-electron chi connectivity index (χ4n) is 2.11. The summed E-state index contributed by atoms with van der Waals surface area (Å²) in [5.74, 6) is 1.30. The molecule has 132 valence electrons. The average Bonchev–Trinajstić information content (AvgIpc) is 2.62. The summed E-state index contributed by atoms with van der Waals surface area (Å²) in [6.45, 7) is 0. The Morgan fingerprint density at radius 2 is 1.56 bits per heavy atom. The zero-order chi connectivity index (χ0) is 18.4. The van der Waals surface area contributed by atoms with Gasteiger partial charge in [0.15, 0.2) is 11.5 Å². The van der Waals surface area contributed by atoms with Gasteiger partial charge >= 0.3 is 0 Å². The third-order valence-electron chi connectivity index (χ3n) is 3.34. The molecule has 0 fully saturated rings. The van der Waals surface area contributed by atoms with Crippen molar-refractivity contribution in [1.82, 2.24) is 0 Å². The van der Waals surface area contributed by atoms with Crippen LogP contribution >= 0.6 is 23.2 Å². The number of halogens is 2. The van der Waals surface area contributed by atoms with Gasteiger partial charge < -0.3 is 19.5 Å². The molecule has 0 spiro atoms. The van der Waals surface area contributed by atoms with Crippen molar-refractivity contribution in [2.75, 3.05) is 26.6 Å². The summed E-state index contributed by atoms with van der Waals surface area (Å²) in [6, 6.07) is 8.26. The molecule has 0 aromatic heterocycles. The Labute approximate surface area is 156 Å². The Bertz CT molecular complexity index is 806. The molecule has 0 unspecified atom stereocenters. The molecule has 7 heteroatoms. The largest absolute Gasteiger partial charge is 0.496 e. The van der Waals surface area contributed by atoms with Crippen LogP contribution in [-0.2, 0) is 4.79 Å². The summed E-state index contributed by atoms with van der Waals surface area (Å²) < 4.78 is 15.8. The van der Waals surface area contributed by atoms with E-state index in [1.165, 1.54) is 27.4 Å². The number of nitrogens with one attached hydrogen (secondary N) is 1. The van der Waals surface area contributed by atoms with E-state index < -0.39 is 0 Å². The molecule has 1 amide bonds. The number of ether oxygens (including phenoxy) is 3. The first kappa shape index (κ1) is 19.0. The molecule has 2 aromatic carbocycles. The number of benzene rings is 2. The van der Waals surface area contributed by atoms with Gasteiger partial charge in [-0.15, -0.1) is 0 Å². The van der Waals surface area contributed by atoms with Gasteiger partial charge in [-0.25, -0.2) is 0 Å². The maximum Gasteiger partial charge on any atom is 0.248 e. The van der Waals surface area contributed by atoms with Gasteiger partial charge in [0.25, 0.3) is 0 Å². The molecule has 0 heterocycles. The van der Waals surface area contributed by atoms with Gasteiger partial charge in [0, 0.05) is 23.4 Å². The lowest BCUT2D eigenvalue weighted by Crippen LogP contribution is -2.07. The summed E-state index contributed by atoms with van der Waals surface area (Å²) >= 11 is 11.8. The first-order valence-electron chi connectivity index (χ1n) is 7.22. The minimum absolute atomic E-state index is 0.324. The first-order valence-corrected chi connectivity index (χ1v) is 7.98. The molecule has 2 rings (SSSR count).